The van der Waals surface area contributed by atoms with Crippen molar-refractivity contribution in [2.75, 3.05) is 26.2 Å². The Morgan fingerprint density at radius 2 is 2.15 bits per heavy atom. The van der Waals surface area contributed by atoms with Gasteiger partial charge in [-0.15, -0.1) is 0 Å². The zero-order chi connectivity index (χ0) is 9.42. The zero-order valence-corrected chi connectivity index (χ0v) is 7.94. The standard InChI is InChI=1S/C9H16N2O2/c1-2-10-4-7(5-10)11-6-8(12)3-9(11)13/h7-8,12H,2-6H2,1H3. The van der Waals surface area contributed by atoms with E-state index in [9.17, 15) is 9.90 Å². The van der Waals surface area contributed by atoms with Crippen LogP contribution in [0.2, 0.25) is 0 Å². The number of rotatable bonds is 2. The number of hydrogen-bond donors (Lipinski definition) is 1. The van der Waals surface area contributed by atoms with Gasteiger partial charge in [0.1, 0.15) is 0 Å². The van der Waals surface area contributed by atoms with E-state index in [1.165, 1.54) is 0 Å². The number of amides is 1. The summed E-state index contributed by atoms with van der Waals surface area (Å²) in [6.07, 6.45) is -0.106. The zero-order valence-electron chi connectivity index (χ0n) is 7.94. The number of hydrogen-bond acceptors (Lipinski definition) is 3. The molecule has 2 heterocycles. The number of β-amino-alcohol motifs (C(OH)–C–C–N with tert-alkyl or cyclic N) is 1. The van der Waals surface area contributed by atoms with E-state index < -0.39 is 6.10 Å². The Hall–Kier alpha value is -0.610. The van der Waals surface area contributed by atoms with Crippen LogP contribution in [0.1, 0.15) is 13.3 Å². The molecule has 4 heteroatoms. The van der Waals surface area contributed by atoms with E-state index in [0.29, 0.717) is 19.0 Å². The molecule has 2 saturated heterocycles. The number of carbonyl (C=O) groups excluding carboxylic acids is 1. The number of nitrogens with zero attached hydrogens (tertiary/aromatic N) is 2. The molecule has 0 saturated carbocycles. The number of aliphatic hydroxyl groups excluding tert-OH is 1. The minimum atomic E-state index is -0.428. The van der Waals surface area contributed by atoms with Crippen LogP contribution in [0, 0.1) is 0 Å². The maximum absolute atomic E-state index is 11.4. The SMILES string of the molecule is CCN1CC(N2CC(O)CC2=O)C1. The van der Waals surface area contributed by atoms with Crippen molar-refractivity contribution in [2.24, 2.45) is 0 Å². The summed E-state index contributed by atoms with van der Waals surface area (Å²) in [5.74, 6) is 0.119. The topological polar surface area (TPSA) is 43.8 Å². The molecule has 2 aliphatic rings. The lowest BCUT2D eigenvalue weighted by Gasteiger charge is -2.43. The van der Waals surface area contributed by atoms with Crippen LogP contribution in [0.25, 0.3) is 0 Å². The molecule has 1 amide bonds. The summed E-state index contributed by atoms with van der Waals surface area (Å²) in [5, 5.41) is 9.29. The summed E-state index contributed by atoms with van der Waals surface area (Å²) in [6, 6.07) is 0.365. The molecule has 4 nitrogen and oxygen atoms in total. The van der Waals surface area contributed by atoms with Crippen LogP contribution in [0.4, 0.5) is 0 Å². The van der Waals surface area contributed by atoms with Gasteiger partial charge in [-0.05, 0) is 6.54 Å². The third kappa shape index (κ3) is 1.56. The highest BCUT2D eigenvalue weighted by atomic mass is 16.3. The molecule has 13 heavy (non-hydrogen) atoms. The monoisotopic (exact) mass is 184 g/mol. The van der Waals surface area contributed by atoms with E-state index in [2.05, 4.69) is 11.8 Å². The first-order valence-corrected chi connectivity index (χ1v) is 4.90. The van der Waals surface area contributed by atoms with Gasteiger partial charge in [0.25, 0.3) is 0 Å². The summed E-state index contributed by atoms with van der Waals surface area (Å²) in [4.78, 5) is 15.5. The molecule has 2 aliphatic heterocycles. The molecule has 0 aromatic rings. The van der Waals surface area contributed by atoms with Crippen molar-refractivity contribution in [3.8, 4) is 0 Å². The minimum Gasteiger partial charge on any atom is -0.391 e. The molecule has 2 rings (SSSR count). The molecular formula is C9H16N2O2. The molecule has 0 radical (unpaired) electrons. The third-order valence-electron chi connectivity index (χ3n) is 2.96. The van der Waals surface area contributed by atoms with Crippen LogP contribution >= 0.6 is 0 Å². The van der Waals surface area contributed by atoms with E-state index in [0.717, 1.165) is 19.6 Å². The molecule has 74 valence electrons. The van der Waals surface area contributed by atoms with Gasteiger partial charge >= 0.3 is 0 Å². The lowest BCUT2D eigenvalue weighted by molar-refractivity contribution is -0.132. The van der Waals surface area contributed by atoms with Crippen LogP contribution in [-0.2, 0) is 4.79 Å². The van der Waals surface area contributed by atoms with Crippen molar-refractivity contribution < 1.29 is 9.90 Å². The van der Waals surface area contributed by atoms with Crippen molar-refractivity contribution >= 4 is 5.91 Å². The predicted octanol–water partition coefficient (Wildman–Crippen LogP) is -0.716. The number of likely N-dealkylation sites (N-methyl/N-ethyl adjacent to an activating group) is 1. The summed E-state index contributed by atoms with van der Waals surface area (Å²) in [5.41, 5.74) is 0. The highest BCUT2D eigenvalue weighted by molar-refractivity contribution is 5.79. The quantitative estimate of drug-likeness (QED) is 0.616. The normalized spacial score (nSPS) is 31.1. The van der Waals surface area contributed by atoms with Crippen molar-refractivity contribution in [2.45, 2.75) is 25.5 Å². The highest BCUT2D eigenvalue weighted by Gasteiger charge is 2.38. The lowest BCUT2D eigenvalue weighted by atomic mass is 10.1. The second-order valence-corrected chi connectivity index (χ2v) is 3.91. The fourth-order valence-corrected chi connectivity index (χ4v) is 2.06. The average Bonchev–Trinajstić information content (AvgIpc) is 2.29. The number of aliphatic hydroxyl groups is 1. The maximum Gasteiger partial charge on any atom is 0.225 e. The molecule has 0 aromatic heterocycles. The molecule has 1 atom stereocenters. The molecule has 1 N–H and O–H groups in total. The molecule has 1 unspecified atom stereocenters. The van der Waals surface area contributed by atoms with Gasteiger partial charge in [0.15, 0.2) is 0 Å². The van der Waals surface area contributed by atoms with Gasteiger partial charge in [-0.25, -0.2) is 0 Å². The first kappa shape index (κ1) is 8.97. The Morgan fingerprint density at radius 1 is 1.46 bits per heavy atom. The van der Waals surface area contributed by atoms with Gasteiger partial charge in [0.2, 0.25) is 5.91 Å². The minimum absolute atomic E-state index is 0.119. The summed E-state index contributed by atoms with van der Waals surface area (Å²) in [6.45, 7) is 5.68. The fourth-order valence-electron chi connectivity index (χ4n) is 2.06. The Kier molecular flexibility index (Phi) is 2.26. The maximum atomic E-state index is 11.4. The summed E-state index contributed by atoms with van der Waals surface area (Å²) < 4.78 is 0. The van der Waals surface area contributed by atoms with Gasteiger partial charge < -0.3 is 10.0 Å². The fraction of sp³-hybridized carbons (Fsp3) is 0.889. The Labute approximate surface area is 78.1 Å². The van der Waals surface area contributed by atoms with Crippen molar-refractivity contribution in [1.29, 1.82) is 0 Å². The first-order chi connectivity index (χ1) is 6.20. The molecule has 0 bridgehead atoms. The van der Waals surface area contributed by atoms with Gasteiger partial charge in [0.05, 0.1) is 18.6 Å². The van der Waals surface area contributed by atoms with E-state index in [-0.39, 0.29) is 5.91 Å². The first-order valence-electron chi connectivity index (χ1n) is 4.90. The predicted molar refractivity (Wildman–Crippen MR) is 48.2 cm³/mol. The van der Waals surface area contributed by atoms with Crippen molar-refractivity contribution in [1.82, 2.24) is 9.80 Å². The second kappa shape index (κ2) is 3.27. The van der Waals surface area contributed by atoms with E-state index in [4.69, 9.17) is 0 Å². The summed E-state index contributed by atoms with van der Waals surface area (Å²) in [7, 11) is 0. The van der Waals surface area contributed by atoms with Crippen LogP contribution in [0.5, 0.6) is 0 Å². The average molecular weight is 184 g/mol. The van der Waals surface area contributed by atoms with Crippen molar-refractivity contribution in [3.63, 3.8) is 0 Å². The Bertz CT molecular complexity index is 214. The summed E-state index contributed by atoms with van der Waals surface area (Å²) >= 11 is 0. The molecule has 0 aromatic carbocycles. The van der Waals surface area contributed by atoms with E-state index in [1.54, 1.807) is 0 Å². The van der Waals surface area contributed by atoms with Crippen LogP contribution < -0.4 is 0 Å². The third-order valence-corrected chi connectivity index (χ3v) is 2.96. The molecular weight excluding hydrogens is 168 g/mol. The Morgan fingerprint density at radius 3 is 2.62 bits per heavy atom. The Balaban J connectivity index is 1.86. The van der Waals surface area contributed by atoms with Gasteiger partial charge in [-0.1, -0.05) is 6.92 Å². The van der Waals surface area contributed by atoms with Gasteiger partial charge in [-0.3, -0.25) is 9.69 Å². The van der Waals surface area contributed by atoms with Crippen LogP contribution in [-0.4, -0.2) is 59.1 Å². The van der Waals surface area contributed by atoms with E-state index >= 15 is 0 Å². The smallest absolute Gasteiger partial charge is 0.225 e. The molecule has 2 fully saturated rings. The number of carbonyl (C=O) groups is 1. The van der Waals surface area contributed by atoms with E-state index in [1.807, 2.05) is 4.90 Å². The number of likely N-dealkylation sites (tertiary alicyclic amines) is 2. The van der Waals surface area contributed by atoms with Crippen molar-refractivity contribution in [3.05, 3.63) is 0 Å². The molecule has 0 spiro atoms. The largest absolute Gasteiger partial charge is 0.391 e. The second-order valence-electron chi connectivity index (χ2n) is 3.91. The van der Waals surface area contributed by atoms with Gasteiger partial charge in [0, 0.05) is 19.6 Å². The molecule has 0 aliphatic carbocycles. The highest BCUT2D eigenvalue weighted by Crippen LogP contribution is 2.20. The van der Waals surface area contributed by atoms with Gasteiger partial charge in [-0.2, -0.15) is 0 Å². The lowest BCUT2D eigenvalue weighted by Crippen LogP contribution is -2.59. The van der Waals surface area contributed by atoms with Crippen LogP contribution in [0.15, 0.2) is 0 Å². The van der Waals surface area contributed by atoms with Crippen LogP contribution in [0.3, 0.4) is 0 Å².